The average Bonchev–Trinajstić information content (AvgIpc) is 3.65. The Kier molecular flexibility index (Phi) is 4.83. The van der Waals surface area contributed by atoms with Gasteiger partial charge in [0.05, 0.1) is 11.0 Å². The van der Waals surface area contributed by atoms with E-state index in [-0.39, 0.29) is 6.85 Å². The SMILES string of the molecule is c1ccc(-n2c3cc4sc5ccccc5c4cc3c3ccc4c(c32)-c2ccccc2B2c3ccccc3-c3ccccc3N24)cc1. The Bertz CT molecular complexity index is 2720. The molecule has 0 bridgehead atoms. The third-order valence-electron chi connectivity index (χ3n) is 10.2. The molecule has 2 aliphatic rings. The molecule has 46 heavy (non-hydrogen) atoms. The van der Waals surface area contributed by atoms with Crippen molar-refractivity contribution in [2.45, 2.75) is 0 Å². The predicted octanol–water partition coefficient (Wildman–Crippen LogP) is 10.1. The van der Waals surface area contributed by atoms with Gasteiger partial charge in [0.25, 0.3) is 0 Å². The summed E-state index contributed by atoms with van der Waals surface area (Å²) in [6, 6.07) is 56.4. The van der Waals surface area contributed by atoms with Gasteiger partial charge in [0, 0.05) is 59.1 Å². The van der Waals surface area contributed by atoms with Crippen LogP contribution in [-0.2, 0) is 0 Å². The van der Waals surface area contributed by atoms with E-state index in [0.29, 0.717) is 0 Å². The molecule has 0 radical (unpaired) electrons. The van der Waals surface area contributed by atoms with Crippen molar-refractivity contribution in [3.8, 4) is 27.9 Å². The molecule has 4 heteroatoms. The zero-order valence-electron chi connectivity index (χ0n) is 24.8. The van der Waals surface area contributed by atoms with E-state index in [2.05, 4.69) is 161 Å². The van der Waals surface area contributed by atoms with Crippen LogP contribution in [0.2, 0.25) is 0 Å². The molecule has 0 saturated heterocycles. The van der Waals surface area contributed by atoms with E-state index in [9.17, 15) is 0 Å². The number of hydrogen-bond donors (Lipinski definition) is 0. The van der Waals surface area contributed by atoms with Gasteiger partial charge in [0.1, 0.15) is 0 Å². The molecule has 2 aromatic heterocycles. The van der Waals surface area contributed by atoms with Crippen LogP contribution >= 0.6 is 11.3 Å². The molecule has 0 unspecified atom stereocenters. The van der Waals surface area contributed by atoms with Crippen molar-refractivity contribution in [1.82, 2.24) is 4.57 Å². The Morgan fingerprint density at radius 3 is 2.02 bits per heavy atom. The molecular formula is C42H25BN2S. The second-order valence-corrected chi connectivity index (χ2v) is 13.5. The number of nitrogens with zero attached hydrogens (tertiary/aromatic N) is 2. The standard InChI is InChI=1S/C42H25BN2S/c1-2-12-26(13-3-1)44-38-25-40-33(29-16-7-11-21-39(29)46-40)24-32(38)30-22-23-37-41(42(30)44)31-17-5-9-19-35(31)43-34-18-8-4-14-27(34)28-15-6-10-20-36(28)45(37)43/h1-25H. The summed E-state index contributed by atoms with van der Waals surface area (Å²) in [5, 5.41) is 5.25. The minimum absolute atomic E-state index is 0.0958. The summed E-state index contributed by atoms with van der Waals surface area (Å²) in [5.41, 5.74) is 14.1. The van der Waals surface area contributed by atoms with Gasteiger partial charge in [0.15, 0.2) is 0 Å². The van der Waals surface area contributed by atoms with E-state index in [1.54, 1.807) is 0 Å². The van der Waals surface area contributed by atoms with Crippen molar-refractivity contribution in [3.05, 3.63) is 152 Å². The molecule has 0 amide bonds. The first kappa shape index (κ1) is 24.7. The molecule has 2 aliphatic heterocycles. The Morgan fingerprint density at radius 2 is 1.15 bits per heavy atom. The highest BCUT2D eigenvalue weighted by molar-refractivity contribution is 7.25. The topological polar surface area (TPSA) is 8.17 Å². The lowest BCUT2D eigenvalue weighted by atomic mass is 9.43. The third kappa shape index (κ3) is 3.12. The fraction of sp³-hybridized carbons (Fsp3) is 0. The van der Waals surface area contributed by atoms with Crippen LogP contribution in [0, 0.1) is 0 Å². The number of thiophene rings is 1. The lowest BCUT2D eigenvalue weighted by molar-refractivity contribution is 1.18. The van der Waals surface area contributed by atoms with Crippen molar-refractivity contribution >= 4 is 82.5 Å². The number of hydrogen-bond acceptors (Lipinski definition) is 2. The smallest absolute Gasteiger partial charge is 0.329 e. The van der Waals surface area contributed by atoms with Crippen LogP contribution in [0.5, 0.6) is 0 Å². The second-order valence-electron chi connectivity index (χ2n) is 12.5. The van der Waals surface area contributed by atoms with Gasteiger partial charge in [-0.3, -0.25) is 0 Å². The molecule has 7 aromatic carbocycles. The van der Waals surface area contributed by atoms with Gasteiger partial charge >= 0.3 is 6.85 Å². The molecule has 9 aromatic rings. The number of para-hydroxylation sites is 2. The van der Waals surface area contributed by atoms with Gasteiger partial charge in [-0.2, -0.15) is 0 Å². The van der Waals surface area contributed by atoms with Crippen molar-refractivity contribution < 1.29 is 0 Å². The molecule has 0 atom stereocenters. The van der Waals surface area contributed by atoms with Crippen LogP contribution in [0.3, 0.4) is 0 Å². The van der Waals surface area contributed by atoms with Crippen molar-refractivity contribution in [2.24, 2.45) is 0 Å². The summed E-state index contributed by atoms with van der Waals surface area (Å²) < 4.78 is 5.18. The summed E-state index contributed by atoms with van der Waals surface area (Å²) in [5.74, 6) is 0. The molecule has 0 N–H and O–H groups in total. The van der Waals surface area contributed by atoms with Gasteiger partial charge in [-0.05, 0) is 64.5 Å². The first-order valence-electron chi connectivity index (χ1n) is 15.9. The Morgan fingerprint density at radius 1 is 0.457 bits per heavy atom. The van der Waals surface area contributed by atoms with Crippen molar-refractivity contribution in [1.29, 1.82) is 0 Å². The maximum atomic E-state index is 2.61. The number of rotatable bonds is 1. The fourth-order valence-electron chi connectivity index (χ4n) is 8.33. The Labute approximate surface area is 270 Å². The normalized spacial score (nSPS) is 13.1. The first-order chi connectivity index (χ1) is 22.8. The summed E-state index contributed by atoms with van der Waals surface area (Å²) in [4.78, 5) is 2.61. The minimum Gasteiger partial charge on any atom is -0.376 e. The van der Waals surface area contributed by atoms with Crippen LogP contribution in [0.15, 0.2) is 152 Å². The Balaban J connectivity index is 1.32. The quantitative estimate of drug-likeness (QED) is 0.170. The van der Waals surface area contributed by atoms with Crippen LogP contribution < -0.4 is 15.7 Å². The first-order valence-corrected chi connectivity index (χ1v) is 16.7. The number of benzene rings is 7. The van der Waals surface area contributed by atoms with Crippen molar-refractivity contribution in [3.63, 3.8) is 0 Å². The third-order valence-corrected chi connectivity index (χ3v) is 11.3. The minimum atomic E-state index is 0.0958. The van der Waals surface area contributed by atoms with Crippen LogP contribution in [0.25, 0.3) is 69.9 Å². The van der Waals surface area contributed by atoms with Gasteiger partial charge in [0.2, 0.25) is 0 Å². The van der Waals surface area contributed by atoms with Crippen molar-refractivity contribution in [2.75, 3.05) is 4.81 Å². The summed E-state index contributed by atoms with van der Waals surface area (Å²) >= 11 is 1.89. The van der Waals surface area contributed by atoms with Gasteiger partial charge in [-0.1, -0.05) is 109 Å². The number of fused-ring (bicyclic) bond motifs is 18. The van der Waals surface area contributed by atoms with Gasteiger partial charge < -0.3 is 9.38 Å². The second kappa shape index (κ2) is 9.00. The molecule has 2 nitrogen and oxygen atoms in total. The molecule has 212 valence electrons. The van der Waals surface area contributed by atoms with Gasteiger partial charge in [-0.15, -0.1) is 11.3 Å². The van der Waals surface area contributed by atoms with Crippen LogP contribution in [-0.4, -0.2) is 11.4 Å². The van der Waals surface area contributed by atoms with E-state index in [1.807, 2.05) is 11.3 Å². The van der Waals surface area contributed by atoms with E-state index in [4.69, 9.17) is 0 Å². The summed E-state index contributed by atoms with van der Waals surface area (Å²) in [6.45, 7) is 0.0958. The highest BCUT2D eigenvalue weighted by Gasteiger charge is 2.43. The molecule has 0 saturated carbocycles. The highest BCUT2D eigenvalue weighted by Crippen LogP contribution is 2.50. The van der Waals surface area contributed by atoms with E-state index >= 15 is 0 Å². The average molecular weight is 601 g/mol. The highest BCUT2D eigenvalue weighted by atomic mass is 32.1. The lowest BCUT2D eigenvalue weighted by Crippen LogP contribution is -2.59. The van der Waals surface area contributed by atoms with Crippen LogP contribution in [0.4, 0.5) is 11.4 Å². The van der Waals surface area contributed by atoms with Gasteiger partial charge in [-0.25, -0.2) is 0 Å². The number of aromatic nitrogens is 1. The maximum Gasteiger partial charge on any atom is 0.329 e. The monoisotopic (exact) mass is 600 g/mol. The number of anilines is 2. The molecule has 0 spiro atoms. The maximum absolute atomic E-state index is 2.61. The largest absolute Gasteiger partial charge is 0.376 e. The van der Waals surface area contributed by atoms with E-state index in [0.717, 1.165) is 0 Å². The zero-order chi connectivity index (χ0) is 29.9. The zero-order valence-corrected chi connectivity index (χ0v) is 25.6. The summed E-state index contributed by atoms with van der Waals surface area (Å²) in [7, 11) is 0. The van der Waals surface area contributed by atoms with E-state index < -0.39 is 0 Å². The molecule has 4 heterocycles. The Hall–Kier alpha value is -5.58. The van der Waals surface area contributed by atoms with E-state index in [1.165, 1.54) is 92.2 Å². The van der Waals surface area contributed by atoms with Crippen LogP contribution in [0.1, 0.15) is 0 Å². The lowest BCUT2D eigenvalue weighted by Gasteiger charge is -2.43. The molecule has 11 rings (SSSR count). The molecular weight excluding hydrogens is 575 g/mol. The predicted molar refractivity (Wildman–Crippen MR) is 198 cm³/mol. The fourth-order valence-corrected chi connectivity index (χ4v) is 9.45. The summed E-state index contributed by atoms with van der Waals surface area (Å²) in [6.07, 6.45) is 0. The molecule has 0 fully saturated rings. The molecule has 0 aliphatic carbocycles.